The molecule has 5 heteroatoms. The third kappa shape index (κ3) is 4.08. The molecular formula is C19H30N2O3. The number of amides is 1. The smallest absolute Gasteiger partial charge is 0.241 e. The molecule has 1 saturated heterocycles. The van der Waals surface area contributed by atoms with Crippen LogP contribution in [0.3, 0.4) is 0 Å². The summed E-state index contributed by atoms with van der Waals surface area (Å²) in [5, 5.41) is 26.1. The van der Waals surface area contributed by atoms with Crippen molar-refractivity contribution in [1.82, 2.24) is 5.32 Å². The molecule has 0 aliphatic carbocycles. The highest BCUT2D eigenvalue weighted by atomic mass is 16.3. The molecule has 0 unspecified atom stereocenters. The molecule has 0 aromatic heterocycles. The van der Waals surface area contributed by atoms with Crippen LogP contribution in [0, 0.1) is 0 Å². The average Bonchev–Trinajstić information content (AvgIpc) is 2.85. The first-order valence-electron chi connectivity index (χ1n) is 8.50. The van der Waals surface area contributed by atoms with Gasteiger partial charge in [0, 0.05) is 12.1 Å². The quantitative estimate of drug-likeness (QED) is 0.627. The normalized spacial score (nSPS) is 21.8. The van der Waals surface area contributed by atoms with Crippen LogP contribution < -0.4 is 10.6 Å². The number of carbonyl (C=O) groups is 1. The zero-order valence-corrected chi connectivity index (χ0v) is 15.5. The minimum Gasteiger partial charge on any atom is -0.505 e. The SMILES string of the molecule is CC(C)(C)c1cc(NC(=O)[C@@H]2C[C@@H](O)CN2)c(O)c(C(C)(C)C)c1. The first kappa shape index (κ1) is 18.7. The third-order valence-electron chi connectivity index (χ3n) is 4.47. The minimum atomic E-state index is -0.500. The van der Waals surface area contributed by atoms with Gasteiger partial charge in [-0.25, -0.2) is 0 Å². The Morgan fingerprint density at radius 2 is 1.79 bits per heavy atom. The molecule has 0 bridgehead atoms. The van der Waals surface area contributed by atoms with Gasteiger partial charge in [-0.3, -0.25) is 4.79 Å². The van der Waals surface area contributed by atoms with Crippen molar-refractivity contribution in [3.05, 3.63) is 23.3 Å². The van der Waals surface area contributed by atoms with Crippen molar-refractivity contribution < 1.29 is 15.0 Å². The highest BCUT2D eigenvalue weighted by Gasteiger charge is 2.30. The lowest BCUT2D eigenvalue weighted by atomic mass is 9.79. The van der Waals surface area contributed by atoms with Crippen LogP contribution in [0.25, 0.3) is 0 Å². The summed E-state index contributed by atoms with van der Waals surface area (Å²) in [6.07, 6.45) is -0.113. The fourth-order valence-electron chi connectivity index (χ4n) is 2.87. The molecule has 1 amide bonds. The lowest BCUT2D eigenvalue weighted by Gasteiger charge is -2.27. The maximum atomic E-state index is 12.4. The van der Waals surface area contributed by atoms with E-state index in [1.807, 2.05) is 32.9 Å². The van der Waals surface area contributed by atoms with Crippen LogP contribution in [0.2, 0.25) is 0 Å². The molecule has 1 aliphatic heterocycles. The summed E-state index contributed by atoms with van der Waals surface area (Å²) in [7, 11) is 0. The number of phenols is 1. The Balaban J connectivity index is 2.39. The van der Waals surface area contributed by atoms with Gasteiger partial charge in [-0.15, -0.1) is 0 Å². The Bertz CT molecular complexity index is 627. The van der Waals surface area contributed by atoms with Gasteiger partial charge in [0.25, 0.3) is 0 Å². The molecule has 1 heterocycles. The van der Waals surface area contributed by atoms with E-state index in [1.165, 1.54) is 0 Å². The Hall–Kier alpha value is -1.59. The minimum absolute atomic E-state index is 0.102. The van der Waals surface area contributed by atoms with E-state index in [0.717, 1.165) is 11.1 Å². The van der Waals surface area contributed by atoms with E-state index >= 15 is 0 Å². The zero-order valence-electron chi connectivity index (χ0n) is 15.5. The van der Waals surface area contributed by atoms with Crippen molar-refractivity contribution in [3.8, 4) is 5.75 Å². The van der Waals surface area contributed by atoms with Crippen LogP contribution in [0.1, 0.15) is 59.1 Å². The van der Waals surface area contributed by atoms with Crippen molar-refractivity contribution in [2.75, 3.05) is 11.9 Å². The first-order valence-corrected chi connectivity index (χ1v) is 8.50. The van der Waals surface area contributed by atoms with E-state index in [2.05, 4.69) is 31.4 Å². The molecule has 0 spiro atoms. The monoisotopic (exact) mass is 334 g/mol. The number of benzene rings is 1. The second-order valence-corrected chi connectivity index (χ2v) is 8.76. The van der Waals surface area contributed by atoms with E-state index in [4.69, 9.17) is 0 Å². The van der Waals surface area contributed by atoms with Crippen LogP contribution >= 0.6 is 0 Å². The van der Waals surface area contributed by atoms with Gasteiger partial charge in [-0.05, 0) is 28.9 Å². The lowest BCUT2D eigenvalue weighted by Crippen LogP contribution is -2.35. The van der Waals surface area contributed by atoms with Gasteiger partial charge in [0.2, 0.25) is 5.91 Å². The number of carbonyl (C=O) groups excluding carboxylic acids is 1. The summed E-state index contributed by atoms with van der Waals surface area (Å²) < 4.78 is 0. The summed E-state index contributed by atoms with van der Waals surface area (Å²) in [6.45, 7) is 12.8. The molecule has 2 rings (SSSR count). The van der Waals surface area contributed by atoms with Crippen LogP contribution in [0.4, 0.5) is 5.69 Å². The number of phenolic OH excluding ortho intramolecular Hbond substituents is 1. The van der Waals surface area contributed by atoms with E-state index in [0.29, 0.717) is 18.7 Å². The van der Waals surface area contributed by atoms with Gasteiger partial charge < -0.3 is 20.8 Å². The standard InChI is InChI=1S/C19H30N2O3/c1-18(2,3)11-7-13(19(4,5)6)16(23)14(8-11)21-17(24)15-9-12(22)10-20-15/h7-8,12,15,20,22-23H,9-10H2,1-6H3,(H,21,24)/t12-,15+/m1/s1. The lowest BCUT2D eigenvalue weighted by molar-refractivity contribution is -0.117. The van der Waals surface area contributed by atoms with E-state index in [9.17, 15) is 15.0 Å². The van der Waals surface area contributed by atoms with Gasteiger partial charge >= 0.3 is 0 Å². The molecule has 0 saturated carbocycles. The van der Waals surface area contributed by atoms with Gasteiger partial charge in [0.05, 0.1) is 17.8 Å². The first-order chi connectivity index (χ1) is 10.9. The molecule has 24 heavy (non-hydrogen) atoms. The summed E-state index contributed by atoms with van der Waals surface area (Å²) in [6, 6.07) is 3.42. The highest BCUT2D eigenvalue weighted by Crippen LogP contribution is 2.40. The number of hydrogen-bond acceptors (Lipinski definition) is 4. The van der Waals surface area contributed by atoms with Crippen molar-refractivity contribution in [2.45, 2.75) is 70.9 Å². The summed E-state index contributed by atoms with van der Waals surface area (Å²) in [5.41, 5.74) is 1.95. The number of aliphatic hydroxyl groups is 1. The van der Waals surface area contributed by atoms with E-state index in [1.54, 1.807) is 0 Å². The molecule has 4 N–H and O–H groups in total. The molecule has 0 radical (unpaired) electrons. The van der Waals surface area contributed by atoms with Gasteiger partial charge in [0.1, 0.15) is 5.75 Å². The number of aliphatic hydroxyl groups excluding tert-OH is 1. The summed E-state index contributed by atoms with van der Waals surface area (Å²) in [5.74, 6) is -0.116. The van der Waals surface area contributed by atoms with Crippen LogP contribution in [-0.4, -0.2) is 34.8 Å². The molecule has 1 aromatic rings. The molecule has 5 nitrogen and oxygen atoms in total. The van der Waals surface area contributed by atoms with Crippen LogP contribution in [-0.2, 0) is 15.6 Å². The number of hydrogen-bond donors (Lipinski definition) is 4. The number of aromatic hydroxyl groups is 1. The Morgan fingerprint density at radius 1 is 1.17 bits per heavy atom. The average molecular weight is 334 g/mol. The molecular weight excluding hydrogens is 304 g/mol. The van der Waals surface area contributed by atoms with Crippen LogP contribution in [0.5, 0.6) is 5.75 Å². The molecule has 1 aromatic carbocycles. The molecule has 134 valence electrons. The predicted molar refractivity (Wildman–Crippen MR) is 96.6 cm³/mol. The van der Waals surface area contributed by atoms with Gasteiger partial charge in [-0.1, -0.05) is 47.6 Å². The van der Waals surface area contributed by atoms with Crippen molar-refractivity contribution in [2.24, 2.45) is 0 Å². The molecule has 2 atom stereocenters. The largest absolute Gasteiger partial charge is 0.505 e. The van der Waals surface area contributed by atoms with E-state index < -0.39 is 12.1 Å². The van der Waals surface area contributed by atoms with Crippen molar-refractivity contribution >= 4 is 11.6 Å². The Kier molecular flexibility index (Phi) is 4.98. The summed E-state index contributed by atoms with van der Waals surface area (Å²) in [4.78, 5) is 12.4. The predicted octanol–water partition coefficient (Wildman–Crippen LogP) is 2.65. The number of anilines is 1. The number of nitrogens with one attached hydrogen (secondary N) is 2. The number of β-amino-alcohol motifs (C(OH)–C–C–N with tert-alkyl or cyclic N) is 1. The maximum Gasteiger partial charge on any atom is 0.241 e. The summed E-state index contributed by atoms with van der Waals surface area (Å²) >= 11 is 0. The zero-order chi connectivity index (χ0) is 18.3. The topological polar surface area (TPSA) is 81.6 Å². The molecule has 1 fully saturated rings. The maximum absolute atomic E-state index is 12.4. The van der Waals surface area contributed by atoms with Crippen molar-refractivity contribution in [3.63, 3.8) is 0 Å². The van der Waals surface area contributed by atoms with Crippen LogP contribution in [0.15, 0.2) is 12.1 Å². The Labute approximate surface area is 144 Å². The van der Waals surface area contributed by atoms with E-state index in [-0.39, 0.29) is 22.5 Å². The Morgan fingerprint density at radius 3 is 2.25 bits per heavy atom. The van der Waals surface area contributed by atoms with Crippen molar-refractivity contribution in [1.29, 1.82) is 0 Å². The third-order valence-corrected chi connectivity index (χ3v) is 4.47. The fraction of sp³-hybridized carbons (Fsp3) is 0.632. The highest BCUT2D eigenvalue weighted by molar-refractivity contribution is 5.96. The second-order valence-electron chi connectivity index (χ2n) is 8.76. The fourth-order valence-corrected chi connectivity index (χ4v) is 2.87. The number of rotatable bonds is 2. The van der Waals surface area contributed by atoms with Gasteiger partial charge in [0.15, 0.2) is 0 Å². The molecule has 1 aliphatic rings. The second kappa shape index (κ2) is 6.37. The van der Waals surface area contributed by atoms with Gasteiger partial charge in [-0.2, -0.15) is 0 Å².